The van der Waals surface area contributed by atoms with Crippen molar-refractivity contribution >= 4 is 111 Å². The van der Waals surface area contributed by atoms with Crippen LogP contribution in [0.2, 0.25) is 0 Å². The van der Waals surface area contributed by atoms with Gasteiger partial charge in [-0.15, -0.1) is 11.8 Å². The first-order valence-electron chi connectivity index (χ1n) is 18.3. The number of Topliss-reactive ketones (excluding diaryl/α,β-unsaturated/α-hetero) is 1. The summed E-state index contributed by atoms with van der Waals surface area (Å²) in [5, 5.41) is 75.6. The smallest absolute Gasteiger partial charge is 0.252 e. The molecule has 0 aromatic heterocycles. The molecule has 58 heavy (non-hydrogen) atoms. The number of hydrogen-bond acceptors (Lipinski definition) is 13. The molecule has 9 N–H and O–H groups in total. The molecule has 16 heteroatoms. The van der Waals surface area contributed by atoms with Crippen LogP contribution in [-0.4, -0.2) is 85.3 Å². The molecule has 296 valence electrons. The molecule has 0 spiro atoms. The molecule has 3 amide bonds. The molecule has 0 heterocycles. The summed E-state index contributed by atoms with van der Waals surface area (Å²) >= 11 is 1.12. The summed E-state index contributed by atoms with van der Waals surface area (Å²) in [7, 11) is 0. The fourth-order valence-electron chi connectivity index (χ4n) is 8.48. The van der Waals surface area contributed by atoms with Gasteiger partial charge in [0.15, 0.2) is 0 Å². The monoisotopic (exact) mass is 805 g/mol. The summed E-state index contributed by atoms with van der Waals surface area (Å²) in [5.41, 5.74) is -1.29. The van der Waals surface area contributed by atoms with E-state index in [1.165, 1.54) is 13.0 Å². The number of phenolic OH excluding ortho intramolecular Hbond substituents is 6. The van der Waals surface area contributed by atoms with Crippen LogP contribution in [0.15, 0.2) is 33.9 Å². The van der Waals surface area contributed by atoms with Crippen molar-refractivity contribution in [2.75, 3.05) is 31.1 Å². The molecule has 0 fully saturated rings. The minimum absolute atomic E-state index is 0.0134. The summed E-state index contributed by atoms with van der Waals surface area (Å²) in [6.07, 6.45) is 1.68. The van der Waals surface area contributed by atoms with E-state index >= 15 is 0 Å². The average molecular weight is 806 g/mol. The number of hydrogen-bond donors (Lipinski definition) is 9. The van der Waals surface area contributed by atoms with E-state index in [0.29, 0.717) is 31.4 Å². The number of unbranched alkanes of at least 4 members (excludes halogenated alkanes) is 2. The van der Waals surface area contributed by atoms with Gasteiger partial charge in [0.2, 0.25) is 22.7 Å². The minimum Gasteiger partial charge on any atom is -0.507 e. The maximum atomic E-state index is 14.4. The lowest BCUT2D eigenvalue weighted by Crippen LogP contribution is -2.31. The SMILES string of the molecule is CC(=O)CNC(=O)CSCC(=O)NCCCCCNC(=O)c1cc(O)c2c(=O)c3c(O)cc(O)c4c5c(O)cc(O)c6c(=O)c7c(O)cc(C)c8c1c2c(c34)c(c78)c65. The third-order valence-electron chi connectivity index (χ3n) is 10.7. The molecule has 8 aromatic carbocycles. The lowest BCUT2D eigenvalue weighted by atomic mass is 9.77. The summed E-state index contributed by atoms with van der Waals surface area (Å²) in [5.74, 6) is -4.63. The molecule has 8 rings (SSSR count). The van der Waals surface area contributed by atoms with Crippen molar-refractivity contribution in [3.63, 3.8) is 0 Å². The van der Waals surface area contributed by atoms with Crippen LogP contribution in [0.1, 0.15) is 42.1 Å². The Balaban J connectivity index is 1.18. The second kappa shape index (κ2) is 14.0. The zero-order valence-corrected chi connectivity index (χ0v) is 31.8. The van der Waals surface area contributed by atoms with Crippen LogP contribution in [0.4, 0.5) is 0 Å². The molecule has 15 nitrogen and oxygen atoms in total. The number of carbonyl (C=O) groups is 4. The average Bonchev–Trinajstić information content (AvgIpc) is 3.15. The second-order valence-corrected chi connectivity index (χ2v) is 15.5. The maximum absolute atomic E-state index is 14.4. The van der Waals surface area contributed by atoms with E-state index in [2.05, 4.69) is 16.0 Å². The van der Waals surface area contributed by atoms with Gasteiger partial charge in [-0.25, -0.2) is 0 Å². The fourth-order valence-corrected chi connectivity index (χ4v) is 9.16. The van der Waals surface area contributed by atoms with Gasteiger partial charge in [0.1, 0.15) is 40.3 Å². The highest BCUT2D eigenvalue weighted by Crippen LogP contribution is 2.57. The summed E-state index contributed by atoms with van der Waals surface area (Å²) in [6, 6.07) is 4.31. The van der Waals surface area contributed by atoms with Gasteiger partial charge in [-0.3, -0.25) is 28.8 Å². The topological polar surface area (TPSA) is 260 Å². The van der Waals surface area contributed by atoms with Gasteiger partial charge in [-0.2, -0.15) is 0 Å². The van der Waals surface area contributed by atoms with Crippen LogP contribution in [0.25, 0.3) is 75.4 Å². The molecule has 8 aromatic rings. The number of benzene rings is 8. The number of phenols is 6. The number of carbonyl (C=O) groups excluding carboxylic acids is 4. The zero-order chi connectivity index (χ0) is 41.5. The predicted molar refractivity (Wildman–Crippen MR) is 221 cm³/mol. The van der Waals surface area contributed by atoms with Gasteiger partial charge >= 0.3 is 0 Å². The molecule has 0 unspecified atom stereocenters. The van der Waals surface area contributed by atoms with Crippen LogP contribution in [0.5, 0.6) is 34.5 Å². The number of aromatic hydroxyl groups is 6. The standard InChI is InChI=1S/C42H35N3O12S/c1-15-8-18(47)30-34-26(15)27-17(42(57)44-7-5-3-4-6-43-24(53)13-58-14-25(54)45-12-16(2)46)9-19(48)31-35(27)39-37-29(21(50)11-23(52)33(37)41(31)56)28-20(49)10-22(51)32(40(30)55)36(28)38(34)39/h8-11,47-52H,3-7,12-14H2,1-2H3,(H,43,53)(H,44,57)(H,45,54). The molecule has 0 bridgehead atoms. The number of fused-ring (bicyclic) bond motifs is 2. The Bertz CT molecular complexity index is 3180. The lowest BCUT2D eigenvalue weighted by Gasteiger charge is -2.25. The highest BCUT2D eigenvalue weighted by molar-refractivity contribution is 8.00. The van der Waals surface area contributed by atoms with E-state index in [9.17, 15) is 59.4 Å². The Labute approximate surface area is 330 Å². The molecule has 0 aliphatic heterocycles. The molecule has 0 aliphatic rings. The molecule has 0 saturated heterocycles. The lowest BCUT2D eigenvalue weighted by molar-refractivity contribution is -0.122. The van der Waals surface area contributed by atoms with Crippen molar-refractivity contribution < 1.29 is 49.8 Å². The van der Waals surface area contributed by atoms with Gasteiger partial charge < -0.3 is 46.6 Å². The summed E-state index contributed by atoms with van der Waals surface area (Å²) in [4.78, 5) is 77.7. The largest absolute Gasteiger partial charge is 0.507 e. The predicted octanol–water partition coefficient (Wildman–Crippen LogP) is 4.23. The Morgan fingerprint density at radius 3 is 1.45 bits per heavy atom. The highest BCUT2D eigenvalue weighted by atomic mass is 32.2. The Hall–Kier alpha value is -6.81. The van der Waals surface area contributed by atoms with E-state index in [0.717, 1.165) is 30.0 Å². The Morgan fingerprint density at radius 1 is 0.500 bits per heavy atom. The van der Waals surface area contributed by atoms with Gasteiger partial charge in [0.05, 0.1) is 45.2 Å². The van der Waals surface area contributed by atoms with Crippen molar-refractivity contribution in [3.8, 4) is 34.5 Å². The van der Waals surface area contributed by atoms with Crippen molar-refractivity contribution in [2.24, 2.45) is 0 Å². The van der Waals surface area contributed by atoms with Crippen molar-refractivity contribution in [3.05, 3.63) is 55.8 Å². The van der Waals surface area contributed by atoms with E-state index in [-0.39, 0.29) is 123 Å². The second-order valence-electron chi connectivity index (χ2n) is 14.5. The first-order valence-corrected chi connectivity index (χ1v) is 19.5. The Kier molecular flexibility index (Phi) is 9.18. The third kappa shape index (κ3) is 5.65. The van der Waals surface area contributed by atoms with Crippen molar-refractivity contribution in [2.45, 2.75) is 33.1 Å². The number of thioether (sulfide) groups is 1. The molecule has 0 radical (unpaired) electrons. The molecule has 0 saturated carbocycles. The molecular weight excluding hydrogens is 771 g/mol. The van der Waals surface area contributed by atoms with Crippen LogP contribution < -0.4 is 26.8 Å². The van der Waals surface area contributed by atoms with Gasteiger partial charge in [-0.1, -0.05) is 0 Å². The quantitative estimate of drug-likeness (QED) is 0.0450. The maximum Gasteiger partial charge on any atom is 0.252 e. The zero-order valence-electron chi connectivity index (χ0n) is 31.0. The fraction of sp³-hybridized carbons (Fsp3) is 0.238. The normalized spacial score (nSPS) is 12.0. The summed E-state index contributed by atoms with van der Waals surface area (Å²) < 4.78 is 0. The molecule has 0 aliphatic carbocycles. The third-order valence-corrected chi connectivity index (χ3v) is 11.7. The first kappa shape index (κ1) is 38.1. The number of nitrogens with one attached hydrogen (secondary N) is 3. The molecule has 0 atom stereocenters. The van der Waals surface area contributed by atoms with E-state index in [1.54, 1.807) is 6.92 Å². The van der Waals surface area contributed by atoms with Crippen LogP contribution in [-0.2, 0) is 14.4 Å². The molecular formula is C42H35N3O12S. The Morgan fingerprint density at radius 2 is 0.914 bits per heavy atom. The summed E-state index contributed by atoms with van der Waals surface area (Å²) in [6.45, 7) is 3.47. The van der Waals surface area contributed by atoms with E-state index in [4.69, 9.17) is 0 Å². The van der Waals surface area contributed by atoms with Crippen LogP contribution >= 0.6 is 11.8 Å². The van der Waals surface area contributed by atoms with Gasteiger partial charge in [-0.05, 0) is 56.2 Å². The first-order chi connectivity index (χ1) is 27.6. The van der Waals surface area contributed by atoms with Crippen molar-refractivity contribution in [1.82, 2.24) is 16.0 Å². The number of ketones is 1. The highest BCUT2D eigenvalue weighted by Gasteiger charge is 2.34. The van der Waals surface area contributed by atoms with E-state index < -0.39 is 51.3 Å². The number of aryl methyl sites for hydroxylation is 1. The van der Waals surface area contributed by atoms with Crippen LogP contribution in [0.3, 0.4) is 0 Å². The number of amides is 3. The van der Waals surface area contributed by atoms with Crippen molar-refractivity contribution in [1.29, 1.82) is 0 Å². The minimum atomic E-state index is -0.825. The van der Waals surface area contributed by atoms with Crippen LogP contribution in [0, 0.1) is 6.92 Å². The van der Waals surface area contributed by atoms with E-state index in [1.807, 2.05) is 0 Å². The van der Waals surface area contributed by atoms with Gasteiger partial charge in [0, 0.05) is 73.7 Å². The van der Waals surface area contributed by atoms with Gasteiger partial charge in [0.25, 0.3) is 5.91 Å². The number of rotatable bonds is 13.